The van der Waals surface area contributed by atoms with Gasteiger partial charge in [-0.15, -0.1) is 6.42 Å². The molecule has 1 N–H and O–H groups in total. The summed E-state index contributed by atoms with van der Waals surface area (Å²) in [7, 11) is 0. The molecule has 1 fully saturated rings. The van der Waals surface area contributed by atoms with Gasteiger partial charge in [0.15, 0.2) is 5.60 Å². The predicted octanol–water partition coefficient (Wildman–Crippen LogP) is 2.24. The summed E-state index contributed by atoms with van der Waals surface area (Å²) < 4.78 is 5.88. The molecule has 92 valence electrons. The van der Waals surface area contributed by atoms with Crippen molar-refractivity contribution in [1.29, 1.82) is 5.26 Å². The Kier molecular flexibility index (Phi) is 3.55. The summed E-state index contributed by atoms with van der Waals surface area (Å²) in [5.74, 6) is 3.39. The highest BCUT2D eigenvalue weighted by Gasteiger charge is 2.35. The maximum atomic E-state index is 9.51. The first-order valence-electron chi connectivity index (χ1n) is 6.02. The molecule has 0 saturated heterocycles. The molecule has 0 amide bonds. The average Bonchev–Trinajstić information content (AvgIpc) is 2.43. The highest BCUT2D eigenvalue weighted by Crippen LogP contribution is 2.32. The Morgan fingerprint density at radius 3 is 2.39 bits per heavy atom. The van der Waals surface area contributed by atoms with Crippen LogP contribution in [0, 0.1) is 23.7 Å². The van der Waals surface area contributed by atoms with Gasteiger partial charge in [-0.3, -0.25) is 0 Å². The van der Waals surface area contributed by atoms with Crippen molar-refractivity contribution >= 4 is 0 Å². The van der Waals surface area contributed by atoms with E-state index in [2.05, 4.69) is 12.0 Å². The van der Waals surface area contributed by atoms with Crippen LogP contribution in [0.1, 0.15) is 31.2 Å². The van der Waals surface area contributed by atoms with Gasteiger partial charge in [-0.25, -0.2) is 0 Å². The first kappa shape index (κ1) is 12.5. The lowest BCUT2D eigenvalue weighted by atomic mass is 9.83. The lowest BCUT2D eigenvalue weighted by molar-refractivity contribution is 0.0276. The highest BCUT2D eigenvalue weighted by molar-refractivity contribution is 5.35. The minimum atomic E-state index is -0.618. The summed E-state index contributed by atoms with van der Waals surface area (Å²) in [6.07, 6.45) is 7.96. The SMILES string of the molecule is C#CC1(Oc2ccc(C#N)cc2)CCC(O)CC1. The molecule has 0 spiro atoms. The number of nitrogens with zero attached hydrogens (tertiary/aromatic N) is 1. The standard InChI is InChI=1S/C15H15NO2/c1-2-15(9-7-13(17)8-10-15)18-14-5-3-12(11-16)4-6-14/h1,3-6,13,17H,7-10H2. The van der Waals surface area contributed by atoms with Gasteiger partial charge in [-0.2, -0.15) is 5.26 Å². The largest absolute Gasteiger partial charge is 0.475 e. The first-order valence-corrected chi connectivity index (χ1v) is 6.02. The van der Waals surface area contributed by atoms with Gasteiger partial charge in [0, 0.05) is 12.8 Å². The Bertz CT molecular complexity index is 485. The number of terminal acetylenes is 1. The molecule has 1 aliphatic rings. The minimum absolute atomic E-state index is 0.268. The molecular formula is C15H15NO2. The Hall–Kier alpha value is -1.97. The molecule has 0 aliphatic heterocycles. The van der Waals surface area contributed by atoms with Crippen LogP contribution in [0.3, 0.4) is 0 Å². The van der Waals surface area contributed by atoms with Crippen molar-refractivity contribution in [3.8, 4) is 24.2 Å². The van der Waals surface area contributed by atoms with Gasteiger partial charge in [-0.1, -0.05) is 5.92 Å². The van der Waals surface area contributed by atoms with E-state index in [4.69, 9.17) is 16.4 Å². The number of aliphatic hydroxyl groups is 1. The first-order chi connectivity index (χ1) is 8.67. The number of hydrogen-bond acceptors (Lipinski definition) is 3. The number of nitriles is 1. The maximum Gasteiger partial charge on any atom is 0.169 e. The van der Waals surface area contributed by atoms with Crippen LogP contribution in [0.15, 0.2) is 24.3 Å². The zero-order valence-corrected chi connectivity index (χ0v) is 10.1. The van der Waals surface area contributed by atoms with E-state index in [1.54, 1.807) is 24.3 Å². The molecule has 0 bridgehead atoms. The van der Waals surface area contributed by atoms with Gasteiger partial charge in [0.25, 0.3) is 0 Å². The van der Waals surface area contributed by atoms with Gasteiger partial charge in [0.05, 0.1) is 17.7 Å². The highest BCUT2D eigenvalue weighted by atomic mass is 16.5. The third-order valence-corrected chi connectivity index (χ3v) is 3.32. The monoisotopic (exact) mass is 241 g/mol. The van der Waals surface area contributed by atoms with E-state index in [1.807, 2.05) is 0 Å². The van der Waals surface area contributed by atoms with Crippen LogP contribution in [0.5, 0.6) is 5.75 Å². The van der Waals surface area contributed by atoms with Crippen molar-refractivity contribution < 1.29 is 9.84 Å². The zero-order chi connectivity index (χ0) is 13.0. The molecule has 0 radical (unpaired) electrons. The van der Waals surface area contributed by atoms with Crippen LogP contribution in [-0.4, -0.2) is 16.8 Å². The molecule has 18 heavy (non-hydrogen) atoms. The van der Waals surface area contributed by atoms with Crippen molar-refractivity contribution in [1.82, 2.24) is 0 Å². The number of hydrogen-bond donors (Lipinski definition) is 1. The fourth-order valence-electron chi connectivity index (χ4n) is 2.17. The molecule has 1 aliphatic carbocycles. The van der Waals surface area contributed by atoms with E-state index in [0.29, 0.717) is 37.0 Å². The number of ether oxygens (including phenoxy) is 1. The smallest absolute Gasteiger partial charge is 0.169 e. The van der Waals surface area contributed by atoms with Crippen molar-refractivity contribution in [2.24, 2.45) is 0 Å². The lowest BCUT2D eigenvalue weighted by Gasteiger charge is -2.35. The molecule has 3 nitrogen and oxygen atoms in total. The van der Waals surface area contributed by atoms with E-state index in [0.717, 1.165) is 0 Å². The van der Waals surface area contributed by atoms with Gasteiger partial charge < -0.3 is 9.84 Å². The van der Waals surface area contributed by atoms with E-state index in [-0.39, 0.29) is 6.10 Å². The van der Waals surface area contributed by atoms with Crippen LogP contribution < -0.4 is 4.74 Å². The van der Waals surface area contributed by atoms with Crippen LogP contribution in [0.25, 0.3) is 0 Å². The Morgan fingerprint density at radius 1 is 1.28 bits per heavy atom. The topological polar surface area (TPSA) is 53.2 Å². The zero-order valence-electron chi connectivity index (χ0n) is 10.1. The van der Waals surface area contributed by atoms with E-state index in [1.165, 1.54) is 0 Å². The molecule has 0 atom stereocenters. The van der Waals surface area contributed by atoms with Gasteiger partial charge in [0.2, 0.25) is 0 Å². The Morgan fingerprint density at radius 2 is 1.89 bits per heavy atom. The fourth-order valence-corrected chi connectivity index (χ4v) is 2.17. The van der Waals surface area contributed by atoms with Crippen molar-refractivity contribution in [3.05, 3.63) is 29.8 Å². The van der Waals surface area contributed by atoms with Crippen LogP contribution >= 0.6 is 0 Å². The molecule has 1 aromatic rings. The molecule has 0 aromatic heterocycles. The van der Waals surface area contributed by atoms with E-state index >= 15 is 0 Å². The molecule has 3 heteroatoms. The lowest BCUT2D eigenvalue weighted by Crippen LogP contribution is -2.39. The number of rotatable bonds is 2. The van der Waals surface area contributed by atoms with Crippen molar-refractivity contribution in [2.75, 3.05) is 0 Å². The number of benzene rings is 1. The third-order valence-electron chi connectivity index (χ3n) is 3.32. The summed E-state index contributed by atoms with van der Waals surface area (Å²) >= 11 is 0. The maximum absolute atomic E-state index is 9.51. The average molecular weight is 241 g/mol. The molecule has 1 aromatic carbocycles. The second-order valence-electron chi connectivity index (χ2n) is 4.61. The molecule has 0 heterocycles. The summed E-state index contributed by atoms with van der Waals surface area (Å²) in [4.78, 5) is 0. The number of aliphatic hydroxyl groups excluding tert-OH is 1. The summed E-state index contributed by atoms with van der Waals surface area (Å²) in [5, 5.41) is 18.2. The summed E-state index contributed by atoms with van der Waals surface area (Å²) in [6.45, 7) is 0. The van der Waals surface area contributed by atoms with Gasteiger partial charge in [0.1, 0.15) is 5.75 Å². The second kappa shape index (κ2) is 5.12. The minimum Gasteiger partial charge on any atom is -0.475 e. The van der Waals surface area contributed by atoms with E-state index in [9.17, 15) is 5.11 Å². The Labute approximate surface area is 107 Å². The quantitative estimate of drug-likeness (QED) is 0.808. The Balaban J connectivity index is 2.11. The predicted molar refractivity (Wildman–Crippen MR) is 67.8 cm³/mol. The molecule has 2 rings (SSSR count). The fraction of sp³-hybridized carbons (Fsp3) is 0.400. The van der Waals surface area contributed by atoms with Crippen molar-refractivity contribution in [3.63, 3.8) is 0 Å². The summed E-state index contributed by atoms with van der Waals surface area (Å²) in [6, 6.07) is 8.97. The second-order valence-corrected chi connectivity index (χ2v) is 4.61. The normalized spacial score (nSPS) is 26.9. The van der Waals surface area contributed by atoms with Crippen LogP contribution in [-0.2, 0) is 0 Å². The third kappa shape index (κ3) is 2.64. The van der Waals surface area contributed by atoms with Gasteiger partial charge >= 0.3 is 0 Å². The molecule has 0 unspecified atom stereocenters. The van der Waals surface area contributed by atoms with E-state index < -0.39 is 5.60 Å². The van der Waals surface area contributed by atoms with Gasteiger partial charge in [-0.05, 0) is 37.1 Å². The summed E-state index contributed by atoms with van der Waals surface area (Å²) in [5.41, 5.74) is -0.0240. The van der Waals surface area contributed by atoms with Crippen LogP contribution in [0.4, 0.5) is 0 Å². The molecule has 1 saturated carbocycles. The van der Waals surface area contributed by atoms with Crippen LogP contribution in [0.2, 0.25) is 0 Å². The van der Waals surface area contributed by atoms with Crippen molar-refractivity contribution in [2.45, 2.75) is 37.4 Å². The molecular weight excluding hydrogens is 226 g/mol.